The van der Waals surface area contributed by atoms with Gasteiger partial charge in [0.05, 0.1) is 24.9 Å². The zero-order valence-electron chi connectivity index (χ0n) is 14.4. The van der Waals surface area contributed by atoms with E-state index in [2.05, 4.69) is 5.92 Å². The molecule has 0 bridgehead atoms. The Labute approximate surface area is 155 Å². The molecule has 0 saturated carbocycles. The molecule has 0 aliphatic carbocycles. The van der Waals surface area contributed by atoms with Crippen LogP contribution >= 0.6 is 0 Å². The molecule has 1 atom stereocenters. The average molecular weight is 375 g/mol. The Balaban J connectivity index is 2.35. The SMILES string of the molecule is C#Cc1ccc(Cc2cc(F)cc(OCC[C@@H](O)CO)c2C(N)=O)c(F)c1. The predicted molar refractivity (Wildman–Crippen MR) is 95.3 cm³/mol. The monoisotopic (exact) mass is 375 g/mol. The van der Waals surface area contributed by atoms with Crippen molar-refractivity contribution in [3.8, 4) is 18.1 Å². The van der Waals surface area contributed by atoms with Crippen LogP contribution in [0, 0.1) is 24.0 Å². The van der Waals surface area contributed by atoms with Gasteiger partial charge < -0.3 is 20.7 Å². The summed E-state index contributed by atoms with van der Waals surface area (Å²) in [6.45, 7) is -0.524. The zero-order chi connectivity index (χ0) is 20.0. The number of rotatable bonds is 8. The minimum absolute atomic E-state index is 0.0722. The summed E-state index contributed by atoms with van der Waals surface area (Å²) in [4.78, 5) is 11.9. The van der Waals surface area contributed by atoms with Crippen molar-refractivity contribution >= 4 is 5.91 Å². The highest BCUT2D eigenvalue weighted by Gasteiger charge is 2.19. The molecule has 0 heterocycles. The second-order valence-electron chi connectivity index (χ2n) is 5.90. The van der Waals surface area contributed by atoms with Crippen LogP contribution in [0.1, 0.15) is 33.5 Å². The first-order chi connectivity index (χ1) is 12.8. The topological polar surface area (TPSA) is 92.8 Å². The molecule has 142 valence electrons. The third-order valence-corrected chi connectivity index (χ3v) is 3.92. The lowest BCUT2D eigenvalue weighted by Crippen LogP contribution is -2.19. The number of amides is 1. The third-order valence-electron chi connectivity index (χ3n) is 3.92. The van der Waals surface area contributed by atoms with E-state index in [1.807, 2.05) is 0 Å². The molecule has 1 amide bonds. The van der Waals surface area contributed by atoms with Crippen molar-refractivity contribution in [2.75, 3.05) is 13.2 Å². The summed E-state index contributed by atoms with van der Waals surface area (Å²) in [5.41, 5.74) is 6.07. The van der Waals surface area contributed by atoms with Crippen LogP contribution < -0.4 is 10.5 Å². The first kappa shape index (κ1) is 20.4. The maximum Gasteiger partial charge on any atom is 0.252 e. The Morgan fingerprint density at radius 3 is 2.59 bits per heavy atom. The van der Waals surface area contributed by atoms with Gasteiger partial charge in [-0.25, -0.2) is 8.78 Å². The van der Waals surface area contributed by atoms with Crippen LogP contribution in [0.25, 0.3) is 0 Å². The number of halogens is 2. The van der Waals surface area contributed by atoms with Crippen molar-refractivity contribution in [1.29, 1.82) is 0 Å². The van der Waals surface area contributed by atoms with E-state index in [4.69, 9.17) is 22.0 Å². The van der Waals surface area contributed by atoms with Gasteiger partial charge in [0.1, 0.15) is 17.4 Å². The van der Waals surface area contributed by atoms with Gasteiger partial charge in [-0.1, -0.05) is 12.0 Å². The highest BCUT2D eigenvalue weighted by atomic mass is 19.1. The fourth-order valence-corrected chi connectivity index (χ4v) is 2.55. The molecule has 2 aromatic rings. The van der Waals surface area contributed by atoms with Gasteiger partial charge in [0.15, 0.2) is 0 Å². The van der Waals surface area contributed by atoms with Gasteiger partial charge in [-0.2, -0.15) is 0 Å². The molecule has 0 aromatic heterocycles. The van der Waals surface area contributed by atoms with E-state index < -0.39 is 30.3 Å². The number of benzene rings is 2. The fourth-order valence-electron chi connectivity index (χ4n) is 2.55. The quantitative estimate of drug-likeness (QED) is 0.613. The predicted octanol–water partition coefficient (Wildman–Crippen LogP) is 1.76. The van der Waals surface area contributed by atoms with Gasteiger partial charge in [-0.3, -0.25) is 4.79 Å². The average Bonchev–Trinajstić information content (AvgIpc) is 2.62. The standard InChI is InChI=1S/C20H19F2NO4/c1-2-12-3-4-13(17(22)7-12)8-14-9-15(21)10-18(19(14)20(23)26)27-6-5-16(25)11-24/h1,3-4,7,9-10,16,24-25H,5-6,8,11H2,(H2,23,26)/t16-/m1/s1. The Kier molecular flexibility index (Phi) is 6.88. The lowest BCUT2D eigenvalue weighted by Gasteiger charge is -2.15. The van der Waals surface area contributed by atoms with Crippen LogP contribution in [-0.2, 0) is 6.42 Å². The molecule has 0 aliphatic rings. The highest BCUT2D eigenvalue weighted by molar-refractivity contribution is 5.97. The molecule has 0 spiro atoms. The van der Waals surface area contributed by atoms with Crippen LogP contribution in [0.5, 0.6) is 5.75 Å². The van der Waals surface area contributed by atoms with Gasteiger partial charge in [0.25, 0.3) is 5.91 Å². The Morgan fingerprint density at radius 2 is 2.00 bits per heavy atom. The number of hydrogen-bond acceptors (Lipinski definition) is 4. The Morgan fingerprint density at radius 1 is 1.26 bits per heavy atom. The number of ether oxygens (including phenoxy) is 1. The fraction of sp³-hybridized carbons (Fsp3) is 0.250. The number of hydrogen-bond donors (Lipinski definition) is 3. The molecule has 0 radical (unpaired) electrons. The van der Waals surface area contributed by atoms with Crippen LogP contribution in [0.15, 0.2) is 30.3 Å². The minimum Gasteiger partial charge on any atom is -0.493 e. The molecule has 7 heteroatoms. The second-order valence-corrected chi connectivity index (χ2v) is 5.90. The molecule has 0 saturated heterocycles. The van der Waals surface area contributed by atoms with Gasteiger partial charge in [0.2, 0.25) is 0 Å². The van der Waals surface area contributed by atoms with E-state index in [-0.39, 0.29) is 41.9 Å². The molecule has 0 aliphatic heterocycles. The van der Waals surface area contributed by atoms with E-state index >= 15 is 0 Å². The molecule has 5 nitrogen and oxygen atoms in total. The number of aliphatic hydroxyl groups excluding tert-OH is 2. The zero-order valence-corrected chi connectivity index (χ0v) is 14.4. The highest BCUT2D eigenvalue weighted by Crippen LogP contribution is 2.27. The third kappa shape index (κ3) is 5.26. The number of carbonyl (C=O) groups excluding carboxylic acids is 1. The van der Waals surface area contributed by atoms with Crippen LogP contribution in [0.3, 0.4) is 0 Å². The van der Waals surface area contributed by atoms with Gasteiger partial charge in [-0.05, 0) is 29.3 Å². The van der Waals surface area contributed by atoms with E-state index in [1.165, 1.54) is 18.2 Å². The molecular formula is C20H19F2NO4. The summed E-state index contributed by atoms with van der Waals surface area (Å²) < 4.78 is 33.6. The van der Waals surface area contributed by atoms with E-state index in [0.29, 0.717) is 5.56 Å². The number of nitrogens with two attached hydrogens (primary N) is 1. The van der Waals surface area contributed by atoms with Crippen molar-refractivity contribution in [2.45, 2.75) is 18.9 Å². The first-order valence-corrected chi connectivity index (χ1v) is 8.14. The summed E-state index contributed by atoms with van der Waals surface area (Å²) >= 11 is 0. The van der Waals surface area contributed by atoms with E-state index in [0.717, 1.165) is 12.1 Å². The number of aliphatic hydroxyl groups is 2. The molecule has 0 fully saturated rings. The second kappa shape index (κ2) is 9.12. The van der Waals surface area contributed by atoms with Crippen molar-refractivity contribution in [3.05, 3.63) is 64.2 Å². The maximum atomic E-state index is 14.2. The summed E-state index contributed by atoms with van der Waals surface area (Å²) in [5, 5.41) is 18.1. The molecule has 0 unspecified atom stereocenters. The number of primary amides is 1. The van der Waals surface area contributed by atoms with Gasteiger partial charge >= 0.3 is 0 Å². The molecule has 27 heavy (non-hydrogen) atoms. The molecule has 4 N–H and O–H groups in total. The maximum absolute atomic E-state index is 14.2. The molecule has 2 rings (SSSR count). The Bertz CT molecular complexity index is 877. The molecule has 2 aromatic carbocycles. The first-order valence-electron chi connectivity index (χ1n) is 8.14. The summed E-state index contributed by atoms with van der Waals surface area (Å²) in [5.74, 6) is 0.0741. The van der Waals surface area contributed by atoms with Crippen molar-refractivity contribution < 1.29 is 28.5 Å². The van der Waals surface area contributed by atoms with E-state index in [1.54, 1.807) is 0 Å². The van der Waals surface area contributed by atoms with Crippen molar-refractivity contribution in [3.63, 3.8) is 0 Å². The number of carbonyl (C=O) groups is 1. The normalized spacial score (nSPS) is 11.7. The lowest BCUT2D eigenvalue weighted by molar-refractivity contribution is 0.0750. The van der Waals surface area contributed by atoms with Crippen molar-refractivity contribution in [2.24, 2.45) is 5.73 Å². The van der Waals surface area contributed by atoms with Crippen LogP contribution in [0.2, 0.25) is 0 Å². The van der Waals surface area contributed by atoms with E-state index in [9.17, 15) is 18.7 Å². The summed E-state index contributed by atoms with van der Waals surface area (Å²) in [6.07, 6.45) is 4.20. The Hall–Kier alpha value is -2.95. The molecular weight excluding hydrogens is 356 g/mol. The lowest BCUT2D eigenvalue weighted by atomic mass is 9.97. The van der Waals surface area contributed by atoms with Crippen LogP contribution in [0.4, 0.5) is 8.78 Å². The number of terminal acetylenes is 1. The summed E-state index contributed by atoms with van der Waals surface area (Å²) in [7, 11) is 0. The minimum atomic E-state index is -1.00. The van der Waals surface area contributed by atoms with Gasteiger partial charge in [0, 0.05) is 24.5 Å². The summed E-state index contributed by atoms with van der Waals surface area (Å²) in [6, 6.07) is 6.25. The largest absolute Gasteiger partial charge is 0.493 e. The smallest absolute Gasteiger partial charge is 0.252 e. The van der Waals surface area contributed by atoms with Gasteiger partial charge in [-0.15, -0.1) is 6.42 Å². The van der Waals surface area contributed by atoms with Crippen molar-refractivity contribution in [1.82, 2.24) is 0 Å². The van der Waals surface area contributed by atoms with Crippen LogP contribution in [-0.4, -0.2) is 35.4 Å².